The van der Waals surface area contributed by atoms with Crippen molar-refractivity contribution in [3.63, 3.8) is 0 Å². The molecule has 1 saturated heterocycles. The lowest BCUT2D eigenvalue weighted by atomic mass is 10.2. The minimum Gasteiger partial charge on any atom is -0.508 e. The minimum absolute atomic E-state index is 0.0194. The Morgan fingerprint density at radius 3 is 3.00 bits per heavy atom. The number of hydrogen-bond donors (Lipinski definition) is 4. The van der Waals surface area contributed by atoms with Crippen molar-refractivity contribution >= 4 is 22.7 Å². The zero-order valence-electron chi connectivity index (χ0n) is 13.3. The van der Waals surface area contributed by atoms with E-state index in [0.717, 1.165) is 19.3 Å². The third-order valence-electron chi connectivity index (χ3n) is 4.15. The number of benzene rings is 1. The zero-order valence-corrected chi connectivity index (χ0v) is 13.3. The Bertz CT molecular complexity index is 974. The van der Waals surface area contributed by atoms with Gasteiger partial charge in [-0.25, -0.2) is 9.78 Å². The van der Waals surface area contributed by atoms with Gasteiger partial charge in [-0.1, -0.05) is 0 Å². The number of aromatic hydroxyl groups is 2. The minimum atomic E-state index is -0.549. The van der Waals surface area contributed by atoms with Gasteiger partial charge < -0.3 is 20.3 Å². The molecule has 3 heterocycles. The van der Waals surface area contributed by atoms with Gasteiger partial charge in [-0.15, -0.1) is 0 Å². The second-order valence-corrected chi connectivity index (χ2v) is 5.89. The number of imidazole rings is 1. The second-order valence-electron chi connectivity index (χ2n) is 5.89. The lowest BCUT2D eigenvalue weighted by Crippen LogP contribution is -2.20. The summed E-state index contributed by atoms with van der Waals surface area (Å²) in [7, 11) is 0. The Morgan fingerprint density at radius 2 is 2.20 bits per heavy atom. The first-order valence-corrected chi connectivity index (χ1v) is 7.99. The van der Waals surface area contributed by atoms with Crippen LogP contribution in [0.4, 0.5) is 11.5 Å². The highest BCUT2D eigenvalue weighted by molar-refractivity contribution is 5.86. The molecule has 0 amide bonds. The molecule has 4 N–H and O–H groups in total. The number of fused-ring (bicyclic) bond motifs is 1. The number of anilines is 2. The standard InChI is InChI=1S/C16H17N5O4/c22-9-4-5-11(23)10(7-9)18-14-13-15(20-16(24)19-14)21(8-17-13)12-3-1-2-6-25-12/h4-5,7-8,12,22-23H,1-3,6H2,(H2,18,19,20,24). The summed E-state index contributed by atoms with van der Waals surface area (Å²) in [5, 5.41) is 22.4. The van der Waals surface area contributed by atoms with Crippen LogP contribution in [0.1, 0.15) is 25.5 Å². The molecule has 0 radical (unpaired) electrons. The molecule has 0 bridgehead atoms. The molecule has 9 nitrogen and oxygen atoms in total. The zero-order chi connectivity index (χ0) is 17.4. The Labute approximate surface area is 141 Å². The molecule has 1 aliphatic rings. The number of ether oxygens (including phenoxy) is 1. The summed E-state index contributed by atoms with van der Waals surface area (Å²) in [6.07, 6.45) is 4.27. The quantitative estimate of drug-likeness (QED) is 0.423. The Kier molecular flexibility index (Phi) is 3.77. The highest BCUT2D eigenvalue weighted by Gasteiger charge is 2.21. The maximum absolute atomic E-state index is 12.0. The molecule has 1 aliphatic heterocycles. The molecule has 0 saturated carbocycles. The van der Waals surface area contributed by atoms with Gasteiger partial charge in [-0.3, -0.25) is 9.55 Å². The van der Waals surface area contributed by atoms with Gasteiger partial charge in [0.15, 0.2) is 5.65 Å². The fourth-order valence-corrected chi connectivity index (χ4v) is 2.94. The molecule has 4 rings (SSSR count). The van der Waals surface area contributed by atoms with Crippen molar-refractivity contribution in [3.8, 4) is 11.5 Å². The molecule has 25 heavy (non-hydrogen) atoms. The van der Waals surface area contributed by atoms with E-state index in [0.29, 0.717) is 17.8 Å². The van der Waals surface area contributed by atoms with Crippen LogP contribution >= 0.6 is 0 Å². The van der Waals surface area contributed by atoms with E-state index in [1.54, 1.807) is 10.9 Å². The van der Waals surface area contributed by atoms with Crippen molar-refractivity contribution in [1.82, 2.24) is 19.5 Å². The van der Waals surface area contributed by atoms with E-state index in [-0.39, 0.29) is 29.2 Å². The molecule has 1 fully saturated rings. The SMILES string of the molecule is O=c1nc2c(ncn2C2CCCCO2)c(Nc2cc(O)ccc2O)[nH]1. The highest BCUT2D eigenvalue weighted by atomic mass is 16.5. The normalized spacial score (nSPS) is 17.7. The predicted molar refractivity (Wildman–Crippen MR) is 90.0 cm³/mol. The lowest BCUT2D eigenvalue weighted by molar-refractivity contribution is -0.0298. The number of nitrogens with zero attached hydrogens (tertiary/aromatic N) is 3. The number of hydrogen-bond acceptors (Lipinski definition) is 7. The number of phenols is 2. The number of rotatable bonds is 3. The Balaban J connectivity index is 1.78. The summed E-state index contributed by atoms with van der Waals surface area (Å²) in [5.41, 5.74) is 0.535. The van der Waals surface area contributed by atoms with Crippen LogP contribution in [0.5, 0.6) is 11.5 Å². The average molecular weight is 343 g/mol. The van der Waals surface area contributed by atoms with Crippen molar-refractivity contribution in [1.29, 1.82) is 0 Å². The largest absolute Gasteiger partial charge is 0.508 e. The van der Waals surface area contributed by atoms with Gasteiger partial charge in [-0.2, -0.15) is 4.98 Å². The molecule has 1 atom stereocenters. The molecule has 3 aromatic rings. The van der Waals surface area contributed by atoms with E-state index in [9.17, 15) is 15.0 Å². The van der Waals surface area contributed by atoms with Crippen LogP contribution < -0.4 is 11.0 Å². The maximum Gasteiger partial charge on any atom is 0.348 e. The van der Waals surface area contributed by atoms with Crippen LogP contribution in [0.2, 0.25) is 0 Å². The molecular weight excluding hydrogens is 326 g/mol. The van der Waals surface area contributed by atoms with Crippen molar-refractivity contribution in [2.24, 2.45) is 0 Å². The van der Waals surface area contributed by atoms with Crippen molar-refractivity contribution < 1.29 is 14.9 Å². The number of H-pyrrole nitrogens is 1. The van der Waals surface area contributed by atoms with E-state index in [1.807, 2.05) is 0 Å². The predicted octanol–water partition coefficient (Wildman–Crippen LogP) is 1.97. The third-order valence-corrected chi connectivity index (χ3v) is 4.15. The van der Waals surface area contributed by atoms with Crippen molar-refractivity contribution in [3.05, 3.63) is 35.0 Å². The first-order valence-electron chi connectivity index (χ1n) is 7.99. The summed E-state index contributed by atoms with van der Waals surface area (Å²) in [4.78, 5) is 22.9. The average Bonchev–Trinajstić information content (AvgIpc) is 3.03. The number of aromatic amines is 1. The van der Waals surface area contributed by atoms with Gasteiger partial charge in [0, 0.05) is 12.7 Å². The first-order chi connectivity index (χ1) is 12.1. The van der Waals surface area contributed by atoms with Gasteiger partial charge in [-0.05, 0) is 31.4 Å². The number of phenolic OH excluding ortho intramolecular Hbond substituents is 2. The Morgan fingerprint density at radius 1 is 1.32 bits per heavy atom. The van der Waals surface area contributed by atoms with Gasteiger partial charge >= 0.3 is 5.69 Å². The molecule has 0 spiro atoms. The van der Waals surface area contributed by atoms with Crippen LogP contribution in [0.15, 0.2) is 29.3 Å². The molecular formula is C16H17N5O4. The van der Waals surface area contributed by atoms with Crippen LogP contribution in [-0.2, 0) is 4.74 Å². The number of nitrogens with one attached hydrogen (secondary N) is 2. The summed E-state index contributed by atoms with van der Waals surface area (Å²) >= 11 is 0. The summed E-state index contributed by atoms with van der Waals surface area (Å²) in [6, 6.07) is 4.06. The molecule has 2 aromatic heterocycles. The van der Waals surface area contributed by atoms with E-state index >= 15 is 0 Å². The van der Waals surface area contributed by atoms with Crippen LogP contribution in [0, 0.1) is 0 Å². The second kappa shape index (κ2) is 6.10. The topological polar surface area (TPSA) is 125 Å². The molecule has 130 valence electrons. The summed E-state index contributed by atoms with van der Waals surface area (Å²) in [6.45, 7) is 0.663. The fraction of sp³-hybridized carbons (Fsp3) is 0.312. The van der Waals surface area contributed by atoms with E-state index in [2.05, 4.69) is 20.3 Å². The van der Waals surface area contributed by atoms with Gasteiger partial charge in [0.05, 0.1) is 12.0 Å². The monoisotopic (exact) mass is 343 g/mol. The van der Waals surface area contributed by atoms with Gasteiger partial charge in [0.2, 0.25) is 0 Å². The molecule has 9 heteroatoms. The van der Waals surface area contributed by atoms with Crippen molar-refractivity contribution in [2.75, 3.05) is 11.9 Å². The molecule has 1 aromatic carbocycles. The van der Waals surface area contributed by atoms with Crippen LogP contribution in [-0.4, -0.2) is 36.3 Å². The van der Waals surface area contributed by atoms with E-state index < -0.39 is 5.69 Å². The van der Waals surface area contributed by atoms with Crippen molar-refractivity contribution in [2.45, 2.75) is 25.5 Å². The molecule has 0 aliphatic carbocycles. The van der Waals surface area contributed by atoms with Gasteiger partial charge in [0.1, 0.15) is 29.1 Å². The van der Waals surface area contributed by atoms with E-state index in [4.69, 9.17) is 4.74 Å². The van der Waals surface area contributed by atoms with E-state index in [1.165, 1.54) is 18.2 Å². The number of aromatic nitrogens is 4. The highest BCUT2D eigenvalue weighted by Crippen LogP contribution is 2.32. The lowest BCUT2D eigenvalue weighted by Gasteiger charge is -2.23. The van der Waals surface area contributed by atoms with Crippen LogP contribution in [0.25, 0.3) is 11.2 Å². The smallest absolute Gasteiger partial charge is 0.348 e. The Hall–Kier alpha value is -3.07. The summed E-state index contributed by atoms with van der Waals surface area (Å²) in [5.74, 6) is 0.193. The van der Waals surface area contributed by atoms with Gasteiger partial charge in [0.25, 0.3) is 0 Å². The van der Waals surface area contributed by atoms with Crippen LogP contribution in [0.3, 0.4) is 0 Å². The fourth-order valence-electron chi connectivity index (χ4n) is 2.94. The maximum atomic E-state index is 12.0. The first kappa shape index (κ1) is 15.5. The molecule has 1 unspecified atom stereocenters. The summed E-state index contributed by atoms with van der Waals surface area (Å²) < 4.78 is 7.49. The third kappa shape index (κ3) is 2.89.